The topological polar surface area (TPSA) is 68.3 Å². The summed E-state index contributed by atoms with van der Waals surface area (Å²) >= 11 is 0. The highest BCUT2D eigenvalue weighted by Gasteiger charge is 2.35. The second-order valence-corrected chi connectivity index (χ2v) is 8.10. The molecule has 0 bridgehead atoms. The molecule has 1 saturated heterocycles. The van der Waals surface area contributed by atoms with Crippen LogP contribution in [-0.2, 0) is 16.0 Å². The molecule has 2 aromatic carbocycles. The Morgan fingerprint density at radius 3 is 2.50 bits per heavy atom. The van der Waals surface area contributed by atoms with Gasteiger partial charge in [0.15, 0.2) is 11.5 Å². The first kappa shape index (κ1) is 23.4. The number of hydrogen-bond donors (Lipinski definition) is 0. The molecule has 1 aliphatic heterocycles. The Morgan fingerprint density at radius 1 is 1.09 bits per heavy atom. The zero-order valence-electron chi connectivity index (χ0n) is 19.3. The molecule has 0 aliphatic carbocycles. The Hall–Kier alpha value is -3.22. The fraction of sp³-hybridized carbons (Fsp3) is 0.440. The molecule has 3 rings (SSSR count). The maximum atomic E-state index is 12.8. The molecule has 1 unspecified atom stereocenters. The van der Waals surface area contributed by atoms with Crippen LogP contribution in [0.3, 0.4) is 0 Å². The standard InChI is InChI=1S/C25H32N2O5/c1-18-5-8-21(9-6-18)32-14-13-26(2)25(29)20-16-24(28)27(17-20)12-11-19-7-10-22(30-3)23(15-19)31-4/h5-10,15,20H,11-14,16-17H2,1-4H3. The van der Waals surface area contributed by atoms with E-state index in [-0.39, 0.29) is 24.2 Å². The molecule has 0 radical (unpaired) electrons. The Morgan fingerprint density at radius 2 is 1.81 bits per heavy atom. The molecule has 0 spiro atoms. The van der Waals surface area contributed by atoms with Crippen LogP contribution in [0.5, 0.6) is 17.2 Å². The highest BCUT2D eigenvalue weighted by Crippen LogP contribution is 2.28. The molecule has 32 heavy (non-hydrogen) atoms. The number of rotatable bonds is 10. The van der Waals surface area contributed by atoms with Gasteiger partial charge in [-0.25, -0.2) is 0 Å². The zero-order chi connectivity index (χ0) is 23.1. The monoisotopic (exact) mass is 440 g/mol. The Bertz CT molecular complexity index is 928. The average molecular weight is 441 g/mol. The van der Waals surface area contributed by atoms with Gasteiger partial charge in [-0.15, -0.1) is 0 Å². The predicted molar refractivity (Wildman–Crippen MR) is 122 cm³/mol. The van der Waals surface area contributed by atoms with Crippen molar-refractivity contribution in [2.45, 2.75) is 19.8 Å². The van der Waals surface area contributed by atoms with Crippen molar-refractivity contribution in [3.8, 4) is 17.2 Å². The molecule has 1 atom stereocenters. The summed E-state index contributed by atoms with van der Waals surface area (Å²) in [6.45, 7) is 3.93. The molecule has 1 aliphatic rings. The van der Waals surface area contributed by atoms with Gasteiger partial charge in [-0.3, -0.25) is 9.59 Å². The second kappa shape index (κ2) is 10.9. The summed E-state index contributed by atoms with van der Waals surface area (Å²) in [5, 5.41) is 0. The predicted octanol–water partition coefficient (Wildman–Crippen LogP) is 2.94. The van der Waals surface area contributed by atoms with Crippen LogP contribution in [0.15, 0.2) is 42.5 Å². The maximum Gasteiger partial charge on any atom is 0.227 e. The number of aryl methyl sites for hydroxylation is 1. The van der Waals surface area contributed by atoms with Crippen molar-refractivity contribution < 1.29 is 23.8 Å². The lowest BCUT2D eigenvalue weighted by Crippen LogP contribution is -2.37. The maximum absolute atomic E-state index is 12.8. The molecule has 0 aromatic heterocycles. The Kier molecular flexibility index (Phi) is 7.98. The summed E-state index contributed by atoms with van der Waals surface area (Å²) in [5.74, 6) is 1.83. The largest absolute Gasteiger partial charge is 0.493 e. The Labute approximate surface area is 189 Å². The summed E-state index contributed by atoms with van der Waals surface area (Å²) in [6, 6.07) is 13.6. The van der Waals surface area contributed by atoms with Gasteiger partial charge in [-0.2, -0.15) is 0 Å². The first-order valence-electron chi connectivity index (χ1n) is 10.8. The number of benzene rings is 2. The summed E-state index contributed by atoms with van der Waals surface area (Å²) < 4.78 is 16.3. The van der Waals surface area contributed by atoms with E-state index >= 15 is 0 Å². The molecular formula is C25H32N2O5. The van der Waals surface area contributed by atoms with E-state index in [0.717, 1.165) is 11.3 Å². The van der Waals surface area contributed by atoms with Crippen LogP contribution >= 0.6 is 0 Å². The summed E-state index contributed by atoms with van der Waals surface area (Å²) in [7, 11) is 4.96. The van der Waals surface area contributed by atoms with E-state index in [2.05, 4.69) is 0 Å². The minimum Gasteiger partial charge on any atom is -0.493 e. The number of methoxy groups -OCH3 is 2. The van der Waals surface area contributed by atoms with E-state index in [4.69, 9.17) is 14.2 Å². The van der Waals surface area contributed by atoms with E-state index in [9.17, 15) is 9.59 Å². The van der Waals surface area contributed by atoms with Gasteiger partial charge in [0, 0.05) is 26.6 Å². The van der Waals surface area contributed by atoms with Crippen LogP contribution in [-0.4, -0.2) is 69.1 Å². The van der Waals surface area contributed by atoms with Crippen molar-refractivity contribution in [1.82, 2.24) is 9.80 Å². The lowest BCUT2D eigenvalue weighted by atomic mass is 10.1. The lowest BCUT2D eigenvalue weighted by molar-refractivity contribution is -0.134. The quantitative estimate of drug-likeness (QED) is 0.568. The summed E-state index contributed by atoms with van der Waals surface area (Å²) in [4.78, 5) is 28.7. The van der Waals surface area contributed by atoms with Crippen molar-refractivity contribution in [3.05, 3.63) is 53.6 Å². The number of hydrogen-bond acceptors (Lipinski definition) is 5. The summed E-state index contributed by atoms with van der Waals surface area (Å²) in [6.07, 6.45) is 0.946. The van der Waals surface area contributed by atoms with Gasteiger partial charge in [-0.05, 0) is 43.2 Å². The molecule has 172 valence electrons. The van der Waals surface area contributed by atoms with Crippen LogP contribution in [0.4, 0.5) is 0 Å². The average Bonchev–Trinajstić information content (AvgIpc) is 3.18. The van der Waals surface area contributed by atoms with Crippen LogP contribution in [0.2, 0.25) is 0 Å². The fourth-order valence-electron chi connectivity index (χ4n) is 3.81. The van der Waals surface area contributed by atoms with Crippen LogP contribution in [0.25, 0.3) is 0 Å². The van der Waals surface area contributed by atoms with E-state index in [1.807, 2.05) is 49.4 Å². The number of likely N-dealkylation sites (N-methyl/N-ethyl adjacent to an activating group) is 1. The number of ether oxygens (including phenoxy) is 3. The SMILES string of the molecule is COc1ccc(CCN2CC(C(=O)N(C)CCOc3ccc(C)cc3)CC2=O)cc1OC. The minimum atomic E-state index is -0.308. The number of carbonyl (C=O) groups is 2. The van der Waals surface area contributed by atoms with E-state index < -0.39 is 0 Å². The van der Waals surface area contributed by atoms with Gasteiger partial charge < -0.3 is 24.0 Å². The van der Waals surface area contributed by atoms with Gasteiger partial charge in [0.1, 0.15) is 12.4 Å². The van der Waals surface area contributed by atoms with Crippen molar-refractivity contribution in [2.75, 3.05) is 47.5 Å². The lowest BCUT2D eigenvalue weighted by Gasteiger charge is -2.21. The molecule has 7 nitrogen and oxygen atoms in total. The molecule has 0 N–H and O–H groups in total. The van der Waals surface area contributed by atoms with Gasteiger partial charge in [-0.1, -0.05) is 23.8 Å². The van der Waals surface area contributed by atoms with Crippen molar-refractivity contribution >= 4 is 11.8 Å². The van der Waals surface area contributed by atoms with Gasteiger partial charge >= 0.3 is 0 Å². The molecule has 1 heterocycles. The first-order valence-corrected chi connectivity index (χ1v) is 10.8. The second-order valence-electron chi connectivity index (χ2n) is 8.10. The minimum absolute atomic E-state index is 0.0144. The third-order valence-electron chi connectivity index (χ3n) is 5.77. The number of likely N-dealkylation sites (tertiary alicyclic amines) is 1. The number of nitrogens with zero attached hydrogens (tertiary/aromatic N) is 2. The Balaban J connectivity index is 1.46. The highest BCUT2D eigenvalue weighted by atomic mass is 16.5. The number of amides is 2. The van der Waals surface area contributed by atoms with Crippen molar-refractivity contribution in [1.29, 1.82) is 0 Å². The van der Waals surface area contributed by atoms with Crippen LogP contribution in [0, 0.1) is 12.8 Å². The van der Waals surface area contributed by atoms with Crippen molar-refractivity contribution in [2.24, 2.45) is 5.92 Å². The van der Waals surface area contributed by atoms with Crippen molar-refractivity contribution in [3.63, 3.8) is 0 Å². The normalized spacial score (nSPS) is 15.6. The first-order chi connectivity index (χ1) is 15.4. The zero-order valence-corrected chi connectivity index (χ0v) is 19.3. The van der Waals surface area contributed by atoms with E-state index in [1.165, 1.54) is 5.56 Å². The van der Waals surface area contributed by atoms with Gasteiger partial charge in [0.05, 0.1) is 26.7 Å². The molecule has 0 saturated carbocycles. The smallest absolute Gasteiger partial charge is 0.227 e. The molecular weight excluding hydrogens is 408 g/mol. The molecule has 2 amide bonds. The van der Waals surface area contributed by atoms with Crippen LogP contribution in [0.1, 0.15) is 17.5 Å². The molecule has 7 heteroatoms. The van der Waals surface area contributed by atoms with E-state index in [0.29, 0.717) is 44.2 Å². The third-order valence-corrected chi connectivity index (χ3v) is 5.77. The van der Waals surface area contributed by atoms with Gasteiger partial charge in [0.2, 0.25) is 11.8 Å². The molecule has 2 aromatic rings. The third kappa shape index (κ3) is 5.93. The molecule has 1 fully saturated rings. The van der Waals surface area contributed by atoms with E-state index in [1.54, 1.807) is 31.1 Å². The number of carbonyl (C=O) groups excluding carboxylic acids is 2. The van der Waals surface area contributed by atoms with Crippen LogP contribution < -0.4 is 14.2 Å². The van der Waals surface area contributed by atoms with Gasteiger partial charge in [0.25, 0.3) is 0 Å². The fourth-order valence-corrected chi connectivity index (χ4v) is 3.81. The summed E-state index contributed by atoms with van der Waals surface area (Å²) in [5.41, 5.74) is 2.22. The highest BCUT2D eigenvalue weighted by molar-refractivity contribution is 5.89.